The average Bonchev–Trinajstić information content (AvgIpc) is 2.80. The van der Waals surface area contributed by atoms with Gasteiger partial charge in [0.05, 0.1) is 16.2 Å². The van der Waals surface area contributed by atoms with E-state index in [0.717, 1.165) is 17.0 Å². The largest absolute Gasteiger partial charge is 0.478 e. The summed E-state index contributed by atoms with van der Waals surface area (Å²) in [6, 6.07) is 4.18. The van der Waals surface area contributed by atoms with Crippen molar-refractivity contribution in [3.8, 4) is 0 Å². The highest BCUT2D eigenvalue weighted by atomic mass is 32.2. The molecule has 25 heavy (non-hydrogen) atoms. The molecule has 0 bridgehead atoms. The quantitative estimate of drug-likeness (QED) is 0.779. The molecular formula is C17H23N3O4S. The molecule has 2 N–H and O–H groups in total. The molecule has 0 atom stereocenters. The molecule has 0 amide bonds. The maximum atomic E-state index is 12.6. The predicted molar refractivity (Wildman–Crippen MR) is 94.4 cm³/mol. The van der Waals surface area contributed by atoms with Crippen LogP contribution in [-0.2, 0) is 29.9 Å². The zero-order valence-corrected chi connectivity index (χ0v) is 15.6. The molecule has 7 nitrogen and oxygen atoms in total. The van der Waals surface area contributed by atoms with Crippen LogP contribution in [0.3, 0.4) is 0 Å². The molecule has 0 saturated carbocycles. The van der Waals surface area contributed by atoms with Gasteiger partial charge in [-0.2, -0.15) is 5.10 Å². The number of sulfonamides is 1. The van der Waals surface area contributed by atoms with E-state index < -0.39 is 16.0 Å². The number of aryl methyl sites for hydroxylation is 3. The van der Waals surface area contributed by atoms with Gasteiger partial charge >= 0.3 is 5.97 Å². The van der Waals surface area contributed by atoms with Gasteiger partial charge in [-0.3, -0.25) is 4.68 Å². The first-order valence-corrected chi connectivity index (χ1v) is 9.50. The van der Waals surface area contributed by atoms with Crippen LogP contribution in [0.15, 0.2) is 23.1 Å². The lowest BCUT2D eigenvalue weighted by Gasteiger charge is -2.11. The van der Waals surface area contributed by atoms with E-state index >= 15 is 0 Å². The van der Waals surface area contributed by atoms with Crippen LogP contribution in [0.2, 0.25) is 0 Å². The van der Waals surface area contributed by atoms with Crippen molar-refractivity contribution in [1.29, 1.82) is 0 Å². The van der Waals surface area contributed by atoms with Crippen LogP contribution >= 0.6 is 0 Å². The number of hydrogen-bond acceptors (Lipinski definition) is 4. The first-order valence-electron chi connectivity index (χ1n) is 8.02. The summed E-state index contributed by atoms with van der Waals surface area (Å²) >= 11 is 0. The second kappa shape index (κ2) is 7.37. The van der Waals surface area contributed by atoms with E-state index in [1.54, 1.807) is 10.7 Å². The van der Waals surface area contributed by atoms with Crippen LogP contribution < -0.4 is 4.72 Å². The van der Waals surface area contributed by atoms with Crippen molar-refractivity contribution in [2.24, 2.45) is 7.05 Å². The standard InChI is InChI=1S/C17H23N3O4S/c1-5-13-6-7-14(17(21)22)10-16(13)25(23,24)18-9-8-15-11(2)19-20(4)12(15)3/h6-7,10,18H,5,8-9H2,1-4H3,(H,21,22). The molecule has 2 aromatic rings. The topological polar surface area (TPSA) is 101 Å². The van der Waals surface area contributed by atoms with Crippen molar-refractivity contribution < 1.29 is 18.3 Å². The highest BCUT2D eigenvalue weighted by Crippen LogP contribution is 2.19. The predicted octanol–water partition coefficient (Wildman–Crippen LogP) is 1.82. The van der Waals surface area contributed by atoms with Gasteiger partial charge in [0, 0.05) is 19.3 Å². The number of rotatable bonds is 7. The number of carbonyl (C=O) groups is 1. The Kier molecular flexibility index (Phi) is 5.64. The first kappa shape index (κ1) is 19.1. The van der Waals surface area contributed by atoms with Crippen LogP contribution in [-0.4, -0.2) is 35.8 Å². The molecule has 0 radical (unpaired) electrons. The summed E-state index contributed by atoms with van der Waals surface area (Å²) in [4.78, 5) is 11.2. The average molecular weight is 365 g/mol. The Bertz CT molecular complexity index is 901. The van der Waals surface area contributed by atoms with Crippen LogP contribution in [0, 0.1) is 13.8 Å². The molecule has 8 heteroatoms. The fraction of sp³-hybridized carbons (Fsp3) is 0.412. The number of aromatic carboxylic acids is 1. The summed E-state index contributed by atoms with van der Waals surface area (Å²) in [5.41, 5.74) is 3.43. The Balaban J connectivity index is 2.21. The lowest BCUT2D eigenvalue weighted by atomic mass is 10.1. The fourth-order valence-electron chi connectivity index (χ4n) is 2.80. The molecule has 1 aromatic heterocycles. The SMILES string of the molecule is CCc1ccc(C(=O)O)cc1S(=O)(=O)NCCc1c(C)nn(C)c1C. The summed E-state index contributed by atoms with van der Waals surface area (Å²) in [5.74, 6) is -1.15. The Labute approximate surface area is 147 Å². The Morgan fingerprint density at radius 2 is 2.00 bits per heavy atom. The second-order valence-corrected chi connectivity index (χ2v) is 7.64. The summed E-state index contributed by atoms with van der Waals surface area (Å²) in [7, 11) is -1.94. The second-order valence-electron chi connectivity index (χ2n) is 5.90. The normalized spacial score (nSPS) is 11.7. The summed E-state index contributed by atoms with van der Waals surface area (Å²) in [6.07, 6.45) is 1.02. The fourth-order valence-corrected chi connectivity index (χ4v) is 4.16. The number of carboxylic acids is 1. The molecule has 0 saturated heterocycles. The van der Waals surface area contributed by atoms with Crippen LogP contribution in [0.1, 0.15) is 39.8 Å². The van der Waals surface area contributed by atoms with Crippen molar-refractivity contribution >= 4 is 16.0 Å². The summed E-state index contributed by atoms with van der Waals surface area (Å²) in [5, 5.41) is 13.4. The van der Waals surface area contributed by atoms with E-state index in [-0.39, 0.29) is 17.0 Å². The van der Waals surface area contributed by atoms with Gasteiger partial charge in [0.25, 0.3) is 0 Å². The van der Waals surface area contributed by atoms with Gasteiger partial charge in [-0.05, 0) is 49.9 Å². The maximum Gasteiger partial charge on any atom is 0.335 e. The van der Waals surface area contributed by atoms with Gasteiger partial charge in [-0.15, -0.1) is 0 Å². The molecular weight excluding hydrogens is 342 g/mol. The molecule has 1 heterocycles. The minimum atomic E-state index is -3.79. The Morgan fingerprint density at radius 1 is 1.32 bits per heavy atom. The zero-order chi connectivity index (χ0) is 18.8. The number of benzene rings is 1. The van der Waals surface area contributed by atoms with Gasteiger partial charge in [0.15, 0.2) is 0 Å². The minimum absolute atomic E-state index is 0.0227. The molecule has 0 fully saturated rings. The molecule has 1 aromatic carbocycles. The van der Waals surface area contributed by atoms with Crippen LogP contribution in [0.5, 0.6) is 0 Å². The number of nitrogens with one attached hydrogen (secondary N) is 1. The molecule has 0 aliphatic carbocycles. The van der Waals surface area contributed by atoms with Gasteiger partial charge in [-0.1, -0.05) is 13.0 Å². The summed E-state index contributed by atoms with van der Waals surface area (Å²) in [6.45, 7) is 5.88. The van der Waals surface area contributed by atoms with E-state index in [1.807, 2.05) is 27.8 Å². The molecule has 136 valence electrons. The minimum Gasteiger partial charge on any atom is -0.478 e. The Hall–Kier alpha value is -2.19. The Morgan fingerprint density at radius 3 is 2.52 bits per heavy atom. The van der Waals surface area contributed by atoms with E-state index in [1.165, 1.54) is 12.1 Å². The highest BCUT2D eigenvalue weighted by Gasteiger charge is 2.20. The number of hydrogen-bond donors (Lipinski definition) is 2. The third-order valence-electron chi connectivity index (χ3n) is 4.31. The van der Waals surface area contributed by atoms with Gasteiger partial charge < -0.3 is 5.11 Å². The highest BCUT2D eigenvalue weighted by molar-refractivity contribution is 7.89. The van der Waals surface area contributed by atoms with Crippen LogP contribution in [0.4, 0.5) is 0 Å². The third-order valence-corrected chi connectivity index (χ3v) is 5.85. The van der Waals surface area contributed by atoms with Crippen molar-refractivity contribution in [3.63, 3.8) is 0 Å². The number of aromatic nitrogens is 2. The monoisotopic (exact) mass is 365 g/mol. The molecule has 0 aliphatic heterocycles. The van der Waals surface area contributed by atoms with E-state index in [9.17, 15) is 13.2 Å². The first-order chi connectivity index (χ1) is 11.7. The lowest BCUT2D eigenvalue weighted by molar-refractivity contribution is 0.0696. The van der Waals surface area contributed by atoms with Gasteiger partial charge in [0.1, 0.15) is 0 Å². The van der Waals surface area contributed by atoms with Crippen molar-refractivity contribution in [2.75, 3.05) is 6.54 Å². The zero-order valence-electron chi connectivity index (χ0n) is 14.8. The van der Waals surface area contributed by atoms with Crippen LogP contribution in [0.25, 0.3) is 0 Å². The van der Waals surface area contributed by atoms with Crippen molar-refractivity contribution in [3.05, 3.63) is 46.3 Å². The van der Waals surface area contributed by atoms with E-state index in [2.05, 4.69) is 9.82 Å². The molecule has 2 rings (SSSR count). The molecule has 0 spiro atoms. The summed E-state index contributed by atoms with van der Waals surface area (Å²) < 4.78 is 29.6. The van der Waals surface area contributed by atoms with Crippen molar-refractivity contribution in [2.45, 2.75) is 38.5 Å². The van der Waals surface area contributed by atoms with Crippen molar-refractivity contribution in [1.82, 2.24) is 14.5 Å². The van der Waals surface area contributed by atoms with Gasteiger partial charge in [-0.25, -0.2) is 17.9 Å². The smallest absolute Gasteiger partial charge is 0.335 e. The van der Waals surface area contributed by atoms with E-state index in [4.69, 9.17) is 5.11 Å². The number of nitrogens with zero attached hydrogens (tertiary/aromatic N) is 2. The number of carboxylic acid groups (broad SMARTS) is 1. The lowest BCUT2D eigenvalue weighted by Crippen LogP contribution is -2.27. The third kappa shape index (κ3) is 4.08. The van der Waals surface area contributed by atoms with Gasteiger partial charge in [0.2, 0.25) is 10.0 Å². The molecule has 0 unspecified atom stereocenters. The molecule has 0 aliphatic rings. The van der Waals surface area contributed by atoms with E-state index in [0.29, 0.717) is 18.4 Å². The maximum absolute atomic E-state index is 12.6.